The fraction of sp³-hybridized carbons (Fsp3) is 0.474. The van der Waals surface area contributed by atoms with Crippen molar-refractivity contribution in [3.63, 3.8) is 0 Å². The van der Waals surface area contributed by atoms with Crippen molar-refractivity contribution in [2.45, 2.75) is 53.5 Å². The first kappa shape index (κ1) is 18.8. The first-order valence-electron chi connectivity index (χ1n) is 8.50. The molecule has 0 saturated heterocycles. The number of nitrogens with one attached hydrogen (secondary N) is 2. The van der Waals surface area contributed by atoms with Crippen LogP contribution in [0.15, 0.2) is 12.1 Å². The van der Waals surface area contributed by atoms with E-state index in [9.17, 15) is 0 Å². The lowest BCUT2D eigenvalue weighted by Crippen LogP contribution is -2.17. The summed E-state index contributed by atoms with van der Waals surface area (Å²) in [5.41, 5.74) is 4.12. The zero-order valence-electron chi connectivity index (χ0n) is 16.1. The molecule has 0 aromatic carbocycles. The van der Waals surface area contributed by atoms with Gasteiger partial charge in [0.2, 0.25) is 5.88 Å². The second kappa shape index (κ2) is 7.59. The van der Waals surface area contributed by atoms with Gasteiger partial charge < -0.3 is 15.5 Å². The molecule has 2 heterocycles. The van der Waals surface area contributed by atoms with Gasteiger partial charge in [-0.3, -0.25) is 0 Å². The summed E-state index contributed by atoms with van der Waals surface area (Å²) in [6.07, 6.45) is 0. The van der Waals surface area contributed by atoms with E-state index >= 15 is 0 Å². The Bertz CT molecular complexity index is 784. The van der Waals surface area contributed by atoms with E-state index in [2.05, 4.69) is 29.1 Å². The number of ether oxygens (including phenoxy) is 1. The highest BCUT2D eigenvalue weighted by atomic mass is 16.5. The predicted molar refractivity (Wildman–Crippen MR) is 102 cm³/mol. The Kier molecular flexibility index (Phi) is 5.72. The fourth-order valence-electron chi connectivity index (χ4n) is 2.52. The van der Waals surface area contributed by atoms with Crippen molar-refractivity contribution in [2.75, 3.05) is 12.4 Å². The van der Waals surface area contributed by atoms with Crippen LogP contribution in [0.3, 0.4) is 0 Å². The number of pyridine rings is 1. The molecule has 0 aliphatic rings. The predicted octanol–water partition coefficient (Wildman–Crippen LogP) is 4.19. The number of hydrogen-bond acceptors (Lipinski definition) is 6. The minimum atomic E-state index is 0.208. The van der Waals surface area contributed by atoms with Crippen molar-refractivity contribution in [3.8, 4) is 17.1 Å². The molecule has 0 aliphatic carbocycles. The summed E-state index contributed by atoms with van der Waals surface area (Å²) in [5, 5.41) is 11.3. The number of hydrogen-bond donors (Lipinski definition) is 2. The Morgan fingerprint density at radius 3 is 2.32 bits per heavy atom. The molecule has 0 bridgehead atoms. The second-order valence-electron chi connectivity index (χ2n) is 6.73. The van der Waals surface area contributed by atoms with Gasteiger partial charge in [0.25, 0.3) is 0 Å². The molecule has 6 nitrogen and oxygen atoms in total. The third-order valence-electron chi connectivity index (χ3n) is 3.77. The van der Waals surface area contributed by atoms with E-state index < -0.39 is 0 Å². The van der Waals surface area contributed by atoms with Gasteiger partial charge in [-0.15, -0.1) is 0 Å². The number of aromatic nitrogens is 3. The summed E-state index contributed by atoms with van der Waals surface area (Å²) in [6.45, 7) is 11.9. The van der Waals surface area contributed by atoms with E-state index in [0.29, 0.717) is 34.7 Å². The Labute approximate surface area is 149 Å². The molecule has 25 heavy (non-hydrogen) atoms. The molecule has 2 rings (SSSR count). The summed E-state index contributed by atoms with van der Waals surface area (Å²) < 4.78 is 5.49. The van der Waals surface area contributed by atoms with E-state index in [1.54, 1.807) is 14.0 Å². The van der Waals surface area contributed by atoms with Gasteiger partial charge in [-0.2, -0.15) is 0 Å². The highest BCUT2D eigenvalue weighted by Gasteiger charge is 2.19. The second-order valence-corrected chi connectivity index (χ2v) is 6.73. The average Bonchev–Trinajstić information content (AvgIpc) is 2.53. The topological polar surface area (TPSA) is 83.8 Å². The molecule has 0 fully saturated rings. The minimum Gasteiger partial charge on any atom is -0.480 e. The van der Waals surface area contributed by atoms with Gasteiger partial charge in [0, 0.05) is 11.7 Å². The maximum Gasteiger partial charge on any atom is 0.222 e. The summed E-state index contributed by atoms with van der Waals surface area (Å²) in [4.78, 5) is 13.9. The largest absolute Gasteiger partial charge is 0.480 e. The molecule has 2 aromatic heterocycles. The molecule has 0 saturated carbocycles. The molecule has 0 aliphatic heterocycles. The highest BCUT2D eigenvalue weighted by Crippen LogP contribution is 2.31. The first-order valence-corrected chi connectivity index (χ1v) is 8.50. The van der Waals surface area contributed by atoms with Crippen molar-refractivity contribution in [2.24, 2.45) is 0 Å². The molecule has 134 valence electrons. The Morgan fingerprint density at radius 2 is 1.80 bits per heavy atom. The van der Waals surface area contributed by atoms with Gasteiger partial charge in [-0.1, -0.05) is 13.8 Å². The SMILES string of the molecule is COc1nc(C(C)C)ccc1-c1nc(C(C)=N)c(NC(C)C)nc1C. The molecular weight excluding hydrogens is 314 g/mol. The smallest absolute Gasteiger partial charge is 0.222 e. The summed E-state index contributed by atoms with van der Waals surface area (Å²) >= 11 is 0. The monoisotopic (exact) mass is 341 g/mol. The maximum atomic E-state index is 8.05. The lowest BCUT2D eigenvalue weighted by molar-refractivity contribution is 0.397. The summed E-state index contributed by atoms with van der Waals surface area (Å²) in [6, 6.07) is 4.16. The lowest BCUT2D eigenvalue weighted by atomic mass is 10.1. The van der Waals surface area contributed by atoms with E-state index in [-0.39, 0.29) is 6.04 Å². The number of methoxy groups -OCH3 is 1. The van der Waals surface area contributed by atoms with Gasteiger partial charge in [0.15, 0.2) is 5.82 Å². The highest BCUT2D eigenvalue weighted by molar-refractivity contribution is 5.99. The van der Waals surface area contributed by atoms with Crippen LogP contribution in [0.25, 0.3) is 11.3 Å². The Hall–Kier alpha value is -2.50. The third-order valence-corrected chi connectivity index (χ3v) is 3.77. The molecule has 0 radical (unpaired) electrons. The van der Waals surface area contributed by atoms with Gasteiger partial charge >= 0.3 is 0 Å². The van der Waals surface area contributed by atoms with Crippen LogP contribution in [0.2, 0.25) is 0 Å². The lowest BCUT2D eigenvalue weighted by Gasteiger charge is -2.17. The van der Waals surface area contributed by atoms with E-state index in [0.717, 1.165) is 17.0 Å². The standard InChI is InChI=1S/C19H27N5O/c1-10(2)15-9-8-14(19(23-15)25-7)17-13(6)22-18(21-11(3)4)16(24-17)12(5)20/h8-11,20H,1-7H3,(H,21,22). The van der Waals surface area contributed by atoms with Crippen LogP contribution in [0.5, 0.6) is 5.88 Å². The van der Waals surface area contributed by atoms with Gasteiger partial charge in [-0.25, -0.2) is 15.0 Å². The van der Waals surface area contributed by atoms with Crippen LogP contribution in [0.1, 0.15) is 57.6 Å². The maximum absolute atomic E-state index is 8.05. The molecule has 0 atom stereocenters. The molecule has 2 N–H and O–H groups in total. The summed E-state index contributed by atoms with van der Waals surface area (Å²) in [7, 11) is 1.61. The molecule has 0 unspecified atom stereocenters. The van der Waals surface area contributed by atoms with E-state index in [1.807, 2.05) is 32.9 Å². The van der Waals surface area contributed by atoms with Gasteiger partial charge in [0.05, 0.1) is 29.8 Å². The van der Waals surface area contributed by atoms with Crippen molar-refractivity contribution >= 4 is 11.5 Å². The Morgan fingerprint density at radius 1 is 1.12 bits per heavy atom. The van der Waals surface area contributed by atoms with E-state index in [4.69, 9.17) is 15.1 Å². The van der Waals surface area contributed by atoms with Crippen LogP contribution in [-0.2, 0) is 0 Å². The molecular formula is C19H27N5O. The number of anilines is 1. The minimum absolute atomic E-state index is 0.208. The Balaban J connectivity index is 2.63. The van der Waals surface area contributed by atoms with Crippen LogP contribution in [0, 0.1) is 12.3 Å². The van der Waals surface area contributed by atoms with Gasteiger partial charge in [-0.05, 0) is 45.7 Å². The van der Waals surface area contributed by atoms with E-state index in [1.165, 1.54) is 0 Å². The van der Waals surface area contributed by atoms with Crippen LogP contribution in [-0.4, -0.2) is 33.8 Å². The van der Waals surface area contributed by atoms with Crippen LogP contribution >= 0.6 is 0 Å². The van der Waals surface area contributed by atoms with Crippen molar-refractivity contribution in [1.29, 1.82) is 5.41 Å². The zero-order valence-corrected chi connectivity index (χ0v) is 16.1. The van der Waals surface area contributed by atoms with Crippen molar-refractivity contribution < 1.29 is 4.74 Å². The average molecular weight is 341 g/mol. The fourth-order valence-corrected chi connectivity index (χ4v) is 2.52. The number of nitrogens with zero attached hydrogens (tertiary/aromatic N) is 3. The van der Waals surface area contributed by atoms with Crippen molar-refractivity contribution in [1.82, 2.24) is 15.0 Å². The normalized spacial score (nSPS) is 11.1. The quantitative estimate of drug-likeness (QED) is 0.770. The van der Waals surface area contributed by atoms with Crippen LogP contribution in [0.4, 0.5) is 5.82 Å². The third kappa shape index (κ3) is 4.13. The van der Waals surface area contributed by atoms with Crippen LogP contribution < -0.4 is 10.1 Å². The van der Waals surface area contributed by atoms with Crippen molar-refractivity contribution in [3.05, 3.63) is 29.2 Å². The zero-order chi connectivity index (χ0) is 18.7. The molecule has 2 aromatic rings. The first-order chi connectivity index (χ1) is 11.7. The molecule has 0 spiro atoms. The summed E-state index contributed by atoms with van der Waals surface area (Å²) in [5.74, 6) is 1.48. The molecule has 6 heteroatoms. The number of rotatable bonds is 6. The molecule has 0 amide bonds. The van der Waals surface area contributed by atoms with Gasteiger partial charge in [0.1, 0.15) is 5.69 Å². The number of aryl methyl sites for hydroxylation is 1.